The molecule has 2 atom stereocenters. The van der Waals surface area contributed by atoms with Crippen LogP contribution >= 0.6 is 0 Å². The first kappa shape index (κ1) is 15.9. The quantitative estimate of drug-likeness (QED) is 0.811. The number of nitrogens with one attached hydrogen (secondary N) is 1. The molecule has 1 aliphatic heterocycles. The number of nitrogens with zero attached hydrogens (tertiary/aromatic N) is 1. The molecule has 1 fully saturated rings. The Morgan fingerprint density at radius 3 is 3.05 bits per heavy atom. The molecule has 0 saturated carbocycles. The third-order valence-corrected chi connectivity index (χ3v) is 3.67. The van der Waals surface area contributed by atoms with Gasteiger partial charge >= 0.3 is 5.97 Å². The summed E-state index contributed by atoms with van der Waals surface area (Å²) in [6.45, 7) is 4.92. The number of pyridine rings is 1. The molecule has 1 aromatic rings. The van der Waals surface area contributed by atoms with E-state index in [1.165, 1.54) is 12.3 Å². The highest BCUT2D eigenvalue weighted by Gasteiger charge is 2.38. The van der Waals surface area contributed by atoms with E-state index < -0.39 is 17.3 Å². The first-order chi connectivity index (χ1) is 10.1. The normalized spacial score (nSPS) is 21.0. The zero-order valence-corrected chi connectivity index (χ0v) is 12.4. The molecule has 1 saturated heterocycles. The standard InChI is InChI=1S/C15H21FN2O3/c1-3-20-14(19)15(2,11-7-12(16)9-17-8-11)18-10-13-5-4-6-21-13/h7-9,13,18H,3-6,10H2,1-2H3. The van der Waals surface area contributed by atoms with Crippen molar-refractivity contribution in [2.45, 2.75) is 38.3 Å². The van der Waals surface area contributed by atoms with E-state index in [0.717, 1.165) is 25.6 Å². The van der Waals surface area contributed by atoms with Crippen LogP contribution in [0.15, 0.2) is 18.5 Å². The molecule has 2 heterocycles. The summed E-state index contributed by atoms with van der Waals surface area (Å²) in [6.07, 6.45) is 4.62. The van der Waals surface area contributed by atoms with Gasteiger partial charge in [-0.1, -0.05) is 0 Å². The summed E-state index contributed by atoms with van der Waals surface area (Å²) < 4.78 is 24.1. The number of rotatable bonds is 6. The second-order valence-corrected chi connectivity index (χ2v) is 5.25. The van der Waals surface area contributed by atoms with E-state index in [9.17, 15) is 9.18 Å². The fraction of sp³-hybridized carbons (Fsp3) is 0.600. The summed E-state index contributed by atoms with van der Waals surface area (Å²) in [6, 6.07) is 1.30. The SMILES string of the molecule is CCOC(=O)C(C)(NCC1CCCO1)c1cncc(F)c1. The van der Waals surface area contributed by atoms with E-state index in [2.05, 4.69) is 10.3 Å². The fourth-order valence-electron chi connectivity index (χ4n) is 2.38. The predicted octanol–water partition coefficient (Wildman–Crippen LogP) is 1.77. The van der Waals surface area contributed by atoms with Gasteiger partial charge in [0.25, 0.3) is 0 Å². The van der Waals surface area contributed by atoms with Crippen LogP contribution in [0.5, 0.6) is 0 Å². The minimum absolute atomic E-state index is 0.0697. The van der Waals surface area contributed by atoms with E-state index in [-0.39, 0.29) is 12.7 Å². The van der Waals surface area contributed by atoms with Crippen molar-refractivity contribution in [3.63, 3.8) is 0 Å². The second-order valence-electron chi connectivity index (χ2n) is 5.25. The number of aromatic nitrogens is 1. The summed E-state index contributed by atoms with van der Waals surface area (Å²) in [5, 5.41) is 3.16. The summed E-state index contributed by atoms with van der Waals surface area (Å²) >= 11 is 0. The van der Waals surface area contributed by atoms with Gasteiger partial charge < -0.3 is 9.47 Å². The molecular weight excluding hydrogens is 275 g/mol. The Labute approximate surface area is 123 Å². The van der Waals surface area contributed by atoms with Gasteiger partial charge in [-0.15, -0.1) is 0 Å². The van der Waals surface area contributed by atoms with Crippen molar-refractivity contribution in [1.29, 1.82) is 0 Å². The van der Waals surface area contributed by atoms with Crippen LogP contribution in [0.4, 0.5) is 4.39 Å². The van der Waals surface area contributed by atoms with Crippen molar-refractivity contribution in [3.05, 3.63) is 29.8 Å². The largest absolute Gasteiger partial charge is 0.464 e. The van der Waals surface area contributed by atoms with Crippen molar-refractivity contribution in [1.82, 2.24) is 10.3 Å². The Morgan fingerprint density at radius 2 is 2.43 bits per heavy atom. The van der Waals surface area contributed by atoms with E-state index >= 15 is 0 Å². The molecule has 1 N–H and O–H groups in total. The average Bonchev–Trinajstić information content (AvgIpc) is 2.98. The molecule has 6 heteroatoms. The third-order valence-electron chi connectivity index (χ3n) is 3.67. The van der Waals surface area contributed by atoms with Crippen LogP contribution in [0, 0.1) is 5.82 Å². The highest BCUT2D eigenvalue weighted by Crippen LogP contribution is 2.23. The predicted molar refractivity (Wildman–Crippen MR) is 75.2 cm³/mol. The molecule has 1 aromatic heterocycles. The molecule has 0 aromatic carbocycles. The molecule has 0 aliphatic carbocycles. The Hall–Kier alpha value is -1.53. The fourth-order valence-corrected chi connectivity index (χ4v) is 2.38. The first-order valence-corrected chi connectivity index (χ1v) is 7.21. The maximum absolute atomic E-state index is 13.4. The Balaban J connectivity index is 2.18. The number of hydrogen-bond donors (Lipinski definition) is 1. The Kier molecular flexibility index (Phi) is 5.25. The topological polar surface area (TPSA) is 60.5 Å². The molecule has 1 aliphatic rings. The summed E-state index contributed by atoms with van der Waals surface area (Å²) in [4.78, 5) is 16.1. The lowest BCUT2D eigenvalue weighted by Gasteiger charge is -2.30. The number of esters is 1. The highest BCUT2D eigenvalue weighted by atomic mass is 19.1. The number of hydrogen-bond acceptors (Lipinski definition) is 5. The van der Waals surface area contributed by atoms with Crippen LogP contribution in [0.25, 0.3) is 0 Å². The molecular formula is C15H21FN2O3. The van der Waals surface area contributed by atoms with Crippen molar-refractivity contribution >= 4 is 5.97 Å². The van der Waals surface area contributed by atoms with Gasteiger partial charge in [0.15, 0.2) is 0 Å². The van der Waals surface area contributed by atoms with Crippen LogP contribution in [0.1, 0.15) is 32.3 Å². The lowest BCUT2D eigenvalue weighted by atomic mass is 9.93. The van der Waals surface area contributed by atoms with Gasteiger partial charge in [0.05, 0.1) is 18.9 Å². The van der Waals surface area contributed by atoms with Crippen molar-refractivity contribution in [3.8, 4) is 0 Å². The van der Waals surface area contributed by atoms with Crippen LogP contribution in [0.3, 0.4) is 0 Å². The Bertz CT molecular complexity index is 492. The molecule has 5 nitrogen and oxygen atoms in total. The van der Waals surface area contributed by atoms with Gasteiger partial charge in [-0.25, -0.2) is 9.18 Å². The molecule has 0 amide bonds. The van der Waals surface area contributed by atoms with Crippen molar-refractivity contribution < 1.29 is 18.7 Å². The van der Waals surface area contributed by atoms with Crippen LogP contribution in [-0.4, -0.2) is 36.8 Å². The van der Waals surface area contributed by atoms with Gasteiger partial charge in [-0.3, -0.25) is 10.3 Å². The maximum atomic E-state index is 13.4. The number of carbonyl (C=O) groups excluding carboxylic acids is 1. The minimum Gasteiger partial charge on any atom is -0.464 e. The molecule has 116 valence electrons. The lowest BCUT2D eigenvalue weighted by molar-refractivity contribution is -0.151. The van der Waals surface area contributed by atoms with Crippen LogP contribution in [0.2, 0.25) is 0 Å². The van der Waals surface area contributed by atoms with Crippen LogP contribution < -0.4 is 5.32 Å². The monoisotopic (exact) mass is 296 g/mol. The zero-order valence-electron chi connectivity index (χ0n) is 12.4. The van der Waals surface area contributed by atoms with E-state index in [4.69, 9.17) is 9.47 Å². The zero-order chi connectivity index (χ0) is 15.3. The molecule has 0 bridgehead atoms. The molecule has 0 radical (unpaired) electrons. The van der Waals surface area contributed by atoms with Crippen LogP contribution in [-0.2, 0) is 19.8 Å². The smallest absolute Gasteiger partial charge is 0.330 e. The summed E-state index contributed by atoms with van der Waals surface area (Å²) in [5.74, 6) is -0.933. The van der Waals surface area contributed by atoms with Gasteiger partial charge in [0.2, 0.25) is 0 Å². The Morgan fingerprint density at radius 1 is 1.62 bits per heavy atom. The second kappa shape index (κ2) is 6.95. The lowest BCUT2D eigenvalue weighted by Crippen LogP contribution is -2.50. The number of carbonyl (C=O) groups is 1. The van der Waals surface area contributed by atoms with Gasteiger partial charge in [-0.05, 0) is 32.8 Å². The summed E-state index contributed by atoms with van der Waals surface area (Å²) in [7, 11) is 0. The van der Waals surface area contributed by atoms with Crippen molar-refractivity contribution in [2.24, 2.45) is 0 Å². The van der Waals surface area contributed by atoms with Crippen molar-refractivity contribution in [2.75, 3.05) is 19.8 Å². The number of halogens is 1. The molecule has 21 heavy (non-hydrogen) atoms. The highest BCUT2D eigenvalue weighted by molar-refractivity contribution is 5.82. The van der Waals surface area contributed by atoms with Gasteiger partial charge in [-0.2, -0.15) is 0 Å². The van der Waals surface area contributed by atoms with Gasteiger partial charge in [0.1, 0.15) is 11.4 Å². The maximum Gasteiger partial charge on any atom is 0.330 e. The minimum atomic E-state index is -1.14. The number of ether oxygens (including phenoxy) is 2. The van der Waals surface area contributed by atoms with E-state index in [1.807, 2.05) is 0 Å². The van der Waals surface area contributed by atoms with E-state index in [0.29, 0.717) is 12.1 Å². The van der Waals surface area contributed by atoms with Gasteiger partial charge in [0, 0.05) is 24.9 Å². The first-order valence-electron chi connectivity index (χ1n) is 7.21. The molecule has 0 spiro atoms. The summed E-state index contributed by atoms with van der Waals surface area (Å²) in [5.41, 5.74) is -0.698. The average molecular weight is 296 g/mol. The molecule has 2 rings (SSSR count). The molecule has 2 unspecified atom stereocenters. The third kappa shape index (κ3) is 3.77. The van der Waals surface area contributed by atoms with E-state index in [1.54, 1.807) is 13.8 Å².